The lowest BCUT2D eigenvalue weighted by Gasteiger charge is -2.30. The average Bonchev–Trinajstić information content (AvgIpc) is 2.26. The molecule has 19 heavy (non-hydrogen) atoms. The Labute approximate surface area is 111 Å². The van der Waals surface area contributed by atoms with Crippen LogP contribution in [-0.4, -0.2) is 47.3 Å². The third-order valence-electron chi connectivity index (χ3n) is 2.47. The van der Waals surface area contributed by atoms with Gasteiger partial charge in [-0.25, -0.2) is 4.59 Å². The van der Waals surface area contributed by atoms with Crippen LogP contribution < -0.4 is 5.43 Å². The predicted molar refractivity (Wildman–Crippen MR) is 69.2 cm³/mol. The maximum absolute atomic E-state index is 11.9. The van der Waals surface area contributed by atoms with Gasteiger partial charge in [0.15, 0.2) is 0 Å². The molecule has 104 valence electrons. The van der Waals surface area contributed by atoms with Crippen LogP contribution in [-0.2, 0) is 0 Å². The molecule has 0 aliphatic heterocycles. The summed E-state index contributed by atoms with van der Waals surface area (Å²) in [6.07, 6.45) is -0.549. The minimum absolute atomic E-state index is 0.0609. The van der Waals surface area contributed by atoms with Crippen LogP contribution in [0, 0.1) is 10.1 Å². The number of carbonyl (C=O) groups excluding carboxylic acids is 1. The molecule has 1 atom stereocenters. The first-order valence-corrected chi connectivity index (χ1v) is 5.79. The van der Waals surface area contributed by atoms with Crippen LogP contribution in [0.1, 0.15) is 17.3 Å². The minimum atomic E-state index is -0.549. The standard InChI is InChI=1S/C12H17N3O4/c1-9(16)8-15(2,3)13-12(17)10-4-6-11(7-5-10)14(18)19/h4-7,9,16H,8H2,1-3H3/p+1. The number of nitro groups is 1. The number of hydrogen-bond acceptors (Lipinski definition) is 4. The van der Waals surface area contributed by atoms with Crippen molar-refractivity contribution in [1.29, 1.82) is 0 Å². The number of nitro benzene ring substituents is 1. The van der Waals surface area contributed by atoms with Crippen molar-refractivity contribution in [2.45, 2.75) is 13.0 Å². The van der Waals surface area contributed by atoms with Crippen LogP contribution in [0.25, 0.3) is 0 Å². The van der Waals surface area contributed by atoms with Gasteiger partial charge < -0.3 is 5.11 Å². The zero-order chi connectivity index (χ0) is 14.6. The molecule has 0 fully saturated rings. The summed E-state index contributed by atoms with van der Waals surface area (Å²) in [5.74, 6) is -0.347. The molecule has 0 spiro atoms. The van der Waals surface area contributed by atoms with E-state index < -0.39 is 11.0 Å². The number of likely N-dealkylation sites (N-methyl/N-ethyl adjacent to an activating group) is 1. The number of quaternary nitrogens is 1. The van der Waals surface area contributed by atoms with E-state index in [9.17, 15) is 20.0 Å². The van der Waals surface area contributed by atoms with Crippen molar-refractivity contribution in [3.05, 3.63) is 39.9 Å². The highest BCUT2D eigenvalue weighted by atomic mass is 16.6. The molecule has 7 heteroatoms. The van der Waals surface area contributed by atoms with Crippen LogP contribution in [0.5, 0.6) is 0 Å². The van der Waals surface area contributed by atoms with Crippen molar-refractivity contribution in [2.24, 2.45) is 0 Å². The van der Waals surface area contributed by atoms with Crippen molar-refractivity contribution in [3.63, 3.8) is 0 Å². The first kappa shape index (κ1) is 15.1. The van der Waals surface area contributed by atoms with Crippen molar-refractivity contribution in [2.75, 3.05) is 20.6 Å². The van der Waals surface area contributed by atoms with Gasteiger partial charge >= 0.3 is 0 Å². The van der Waals surface area contributed by atoms with Gasteiger partial charge in [-0.2, -0.15) is 5.43 Å². The van der Waals surface area contributed by atoms with Gasteiger partial charge in [-0.15, -0.1) is 0 Å². The van der Waals surface area contributed by atoms with E-state index >= 15 is 0 Å². The number of aliphatic hydroxyl groups is 1. The second kappa shape index (κ2) is 5.77. The first-order valence-electron chi connectivity index (χ1n) is 5.79. The Kier molecular flexibility index (Phi) is 4.57. The van der Waals surface area contributed by atoms with Gasteiger partial charge in [-0.3, -0.25) is 14.9 Å². The summed E-state index contributed by atoms with van der Waals surface area (Å²) in [5, 5.41) is 19.8. The minimum Gasteiger partial charge on any atom is -0.387 e. The Balaban J connectivity index is 2.75. The molecule has 0 aliphatic rings. The molecule has 0 saturated carbocycles. The van der Waals surface area contributed by atoms with Crippen molar-refractivity contribution in [1.82, 2.24) is 5.43 Å². The average molecular weight is 268 g/mol. The summed E-state index contributed by atoms with van der Waals surface area (Å²) >= 11 is 0. The van der Waals surface area contributed by atoms with E-state index in [2.05, 4.69) is 5.43 Å². The molecule has 7 nitrogen and oxygen atoms in total. The van der Waals surface area contributed by atoms with Gasteiger partial charge in [0, 0.05) is 17.7 Å². The van der Waals surface area contributed by atoms with E-state index in [4.69, 9.17) is 0 Å². The third-order valence-corrected chi connectivity index (χ3v) is 2.47. The highest BCUT2D eigenvalue weighted by Gasteiger charge is 2.22. The molecule has 0 radical (unpaired) electrons. The molecule has 2 N–H and O–H groups in total. The highest BCUT2D eigenvalue weighted by Crippen LogP contribution is 2.12. The van der Waals surface area contributed by atoms with Gasteiger partial charge in [0.2, 0.25) is 0 Å². The van der Waals surface area contributed by atoms with Crippen LogP contribution in [0.4, 0.5) is 5.69 Å². The monoisotopic (exact) mass is 268 g/mol. The number of amides is 1. The molecule has 0 saturated heterocycles. The van der Waals surface area contributed by atoms with Crippen molar-refractivity contribution < 1.29 is 19.4 Å². The van der Waals surface area contributed by atoms with E-state index in [-0.39, 0.29) is 16.2 Å². The predicted octanol–water partition coefficient (Wildman–Crippen LogP) is 0.697. The van der Waals surface area contributed by atoms with Gasteiger partial charge in [-0.1, -0.05) is 0 Å². The third kappa shape index (κ3) is 4.65. The topological polar surface area (TPSA) is 92.5 Å². The quantitative estimate of drug-likeness (QED) is 0.467. The summed E-state index contributed by atoms with van der Waals surface area (Å²) in [4.78, 5) is 21.9. The number of benzene rings is 1. The first-order chi connectivity index (χ1) is 8.71. The number of non-ortho nitro benzene ring substituents is 1. The van der Waals surface area contributed by atoms with Crippen LogP contribution in [0.2, 0.25) is 0 Å². The highest BCUT2D eigenvalue weighted by molar-refractivity contribution is 5.93. The summed E-state index contributed by atoms with van der Waals surface area (Å²) in [6.45, 7) is 2.00. The fraction of sp³-hybridized carbons (Fsp3) is 0.417. The maximum atomic E-state index is 11.9. The van der Waals surface area contributed by atoms with E-state index in [1.54, 1.807) is 21.0 Å². The number of nitrogens with zero attached hydrogens (tertiary/aromatic N) is 2. The number of rotatable bonds is 5. The lowest BCUT2D eigenvalue weighted by molar-refractivity contribution is -0.927. The fourth-order valence-electron chi connectivity index (χ4n) is 1.78. The molecule has 1 aromatic rings. The smallest absolute Gasteiger partial charge is 0.295 e. The summed E-state index contributed by atoms with van der Waals surface area (Å²) in [6, 6.07) is 5.36. The fourth-order valence-corrected chi connectivity index (χ4v) is 1.78. The van der Waals surface area contributed by atoms with Crippen molar-refractivity contribution in [3.8, 4) is 0 Å². The molecule has 0 bridgehead atoms. The molecule has 0 heterocycles. The molecule has 1 unspecified atom stereocenters. The molecular formula is C12H18N3O4+. The summed E-state index contributed by atoms with van der Waals surface area (Å²) in [7, 11) is 3.49. The zero-order valence-electron chi connectivity index (χ0n) is 11.2. The van der Waals surface area contributed by atoms with Gasteiger partial charge in [0.05, 0.1) is 19.0 Å². The van der Waals surface area contributed by atoms with E-state index in [1.807, 2.05) is 0 Å². The molecule has 1 amide bonds. The maximum Gasteiger partial charge on any atom is 0.295 e. The Morgan fingerprint density at radius 2 is 1.95 bits per heavy atom. The van der Waals surface area contributed by atoms with E-state index in [0.717, 1.165) is 0 Å². The number of carbonyl (C=O) groups is 1. The molecule has 1 aromatic carbocycles. The van der Waals surface area contributed by atoms with Gasteiger partial charge in [-0.05, 0) is 19.1 Å². The summed E-state index contributed by atoms with van der Waals surface area (Å²) < 4.78 is 0.119. The lowest BCUT2D eigenvalue weighted by Crippen LogP contribution is -2.57. The largest absolute Gasteiger partial charge is 0.387 e. The van der Waals surface area contributed by atoms with Gasteiger partial charge in [0.25, 0.3) is 11.6 Å². The van der Waals surface area contributed by atoms with Crippen LogP contribution in [0.3, 0.4) is 0 Å². The number of nitrogens with one attached hydrogen (secondary N) is 1. The number of aliphatic hydroxyl groups excluding tert-OH is 1. The van der Waals surface area contributed by atoms with Crippen LogP contribution in [0.15, 0.2) is 24.3 Å². The van der Waals surface area contributed by atoms with Crippen LogP contribution >= 0.6 is 0 Å². The van der Waals surface area contributed by atoms with E-state index in [1.165, 1.54) is 24.3 Å². The molecular weight excluding hydrogens is 250 g/mol. The SMILES string of the molecule is CC(O)C[N+](C)(C)NC(=O)c1ccc([N+](=O)[O-])cc1. The normalized spacial score (nSPS) is 12.8. The Morgan fingerprint density at radius 1 is 1.42 bits per heavy atom. The summed E-state index contributed by atoms with van der Waals surface area (Å²) in [5.41, 5.74) is 3.00. The Bertz CT molecular complexity index is 468. The molecule has 0 aromatic heterocycles. The zero-order valence-corrected chi connectivity index (χ0v) is 11.2. The number of hydrogen-bond donors (Lipinski definition) is 2. The second-order valence-corrected chi connectivity index (χ2v) is 4.96. The Morgan fingerprint density at radius 3 is 2.37 bits per heavy atom. The van der Waals surface area contributed by atoms with Gasteiger partial charge in [0.1, 0.15) is 12.6 Å². The Hall–Kier alpha value is -1.99. The molecule has 1 rings (SSSR count). The van der Waals surface area contributed by atoms with Crippen molar-refractivity contribution >= 4 is 11.6 Å². The lowest BCUT2D eigenvalue weighted by atomic mass is 10.2. The molecule has 0 aliphatic carbocycles. The van der Waals surface area contributed by atoms with E-state index in [0.29, 0.717) is 12.1 Å². The second-order valence-electron chi connectivity index (χ2n) is 4.96.